The number of anilines is 1. The molecule has 0 saturated carbocycles. The number of carbonyl (C=O) groups excluding carboxylic acids is 3. The summed E-state index contributed by atoms with van der Waals surface area (Å²) in [5, 5.41) is 6.69. The van der Waals surface area contributed by atoms with Gasteiger partial charge in [-0.15, -0.1) is 0 Å². The van der Waals surface area contributed by atoms with Crippen LogP contribution in [0.2, 0.25) is 0 Å². The van der Waals surface area contributed by atoms with E-state index in [1.807, 2.05) is 73.5 Å². The van der Waals surface area contributed by atoms with Crippen molar-refractivity contribution >= 4 is 35.0 Å². The molecule has 4 aromatic carbocycles. The lowest BCUT2D eigenvalue weighted by molar-refractivity contribution is 0.102. The van der Waals surface area contributed by atoms with Crippen LogP contribution in [0.5, 0.6) is 0 Å². The lowest BCUT2D eigenvalue weighted by Gasteiger charge is -2.27. The number of fused-ring (bicyclic) bond motifs is 4. The van der Waals surface area contributed by atoms with Crippen LogP contribution in [0.3, 0.4) is 0 Å². The molecule has 0 spiro atoms. The Bertz CT molecular complexity index is 1990. The summed E-state index contributed by atoms with van der Waals surface area (Å²) < 4.78 is 0. The fourth-order valence-electron chi connectivity index (χ4n) is 5.78. The molecule has 2 unspecified atom stereocenters. The van der Waals surface area contributed by atoms with Crippen molar-refractivity contribution in [3.8, 4) is 0 Å². The molecule has 6 nitrogen and oxygen atoms in total. The number of aryl methyl sites for hydroxylation is 1. The van der Waals surface area contributed by atoms with Crippen LogP contribution in [-0.2, 0) is 11.2 Å². The average molecular weight is 526 g/mol. The van der Waals surface area contributed by atoms with Gasteiger partial charge in [0.25, 0.3) is 5.91 Å². The Labute approximate surface area is 230 Å². The van der Waals surface area contributed by atoms with Crippen molar-refractivity contribution < 1.29 is 14.4 Å². The zero-order valence-electron chi connectivity index (χ0n) is 21.9. The molecule has 0 saturated heterocycles. The topological polar surface area (TPSA) is 115 Å². The molecular weight excluding hydrogens is 498 g/mol. The number of nitrogens with two attached hydrogens (primary N) is 2. The minimum Gasteiger partial charge on any atom is -0.322 e. The molecule has 5 N–H and O–H groups in total. The highest BCUT2D eigenvalue weighted by molar-refractivity contribution is 6.26. The van der Waals surface area contributed by atoms with Gasteiger partial charge in [-0.3, -0.25) is 9.59 Å². The number of ketones is 1. The Morgan fingerprint density at radius 3 is 2.30 bits per heavy atom. The van der Waals surface area contributed by atoms with E-state index in [1.165, 1.54) is 0 Å². The van der Waals surface area contributed by atoms with Gasteiger partial charge in [-0.1, -0.05) is 60.7 Å². The van der Waals surface area contributed by atoms with Gasteiger partial charge in [0.1, 0.15) is 5.94 Å². The zero-order chi connectivity index (χ0) is 28.0. The number of amides is 1. The predicted molar refractivity (Wildman–Crippen MR) is 155 cm³/mol. The summed E-state index contributed by atoms with van der Waals surface area (Å²) in [6, 6.07) is 24.7. The fraction of sp³-hybridized carbons (Fsp3) is 0.118. The fourth-order valence-corrected chi connectivity index (χ4v) is 5.78. The van der Waals surface area contributed by atoms with Gasteiger partial charge in [0.15, 0.2) is 5.78 Å². The van der Waals surface area contributed by atoms with Crippen LogP contribution in [0.15, 0.2) is 90.5 Å². The Morgan fingerprint density at radius 2 is 1.55 bits per heavy atom. The first-order valence-corrected chi connectivity index (χ1v) is 13.1. The molecule has 40 heavy (non-hydrogen) atoms. The molecular formula is C34H27N3O3. The third kappa shape index (κ3) is 4.21. The van der Waals surface area contributed by atoms with E-state index in [-0.39, 0.29) is 18.1 Å². The summed E-state index contributed by atoms with van der Waals surface area (Å²) >= 11 is 0. The number of carbonyl (C=O) groups is 2. The Balaban J connectivity index is 1.44. The van der Waals surface area contributed by atoms with Gasteiger partial charge < -0.3 is 16.8 Å². The standard InChI is InChI=1S/C34H27N3O3/c1-19-6-2-4-8-24(19)34(40)37-23-12-10-20(11-13-23)33(39)31-27-15-14-26-25-9-5-3-7-21(25)17-29(35)30(26)28(27)16-22(18-38)32(31)36/h2-15,17,29,32H,16,35-36H2,1H3,(H,37,40). The van der Waals surface area contributed by atoms with Gasteiger partial charge in [-0.25, -0.2) is 4.79 Å². The van der Waals surface area contributed by atoms with Crippen LogP contribution in [0, 0.1) is 17.4 Å². The first kappa shape index (κ1) is 25.4. The smallest absolute Gasteiger partial charge is 0.255 e. The quantitative estimate of drug-likeness (QED) is 0.280. The van der Waals surface area contributed by atoms with Crippen molar-refractivity contribution in [2.75, 3.05) is 5.32 Å². The SMILES string of the molecule is Cc1ccccc1C(=O)Nc1ccc(C(=O)C2=c3ccc4c(c3CC(=C=O)C2N)C(N)C=c2ccccc2=4)cc1. The zero-order valence-corrected chi connectivity index (χ0v) is 21.9. The van der Waals surface area contributed by atoms with E-state index in [0.717, 1.165) is 32.3 Å². The molecule has 6 heteroatoms. The number of benzene rings is 4. The molecule has 0 aromatic heterocycles. The van der Waals surface area contributed by atoms with E-state index in [9.17, 15) is 14.4 Å². The minimum absolute atomic E-state index is 0.227. The molecule has 4 aromatic rings. The van der Waals surface area contributed by atoms with E-state index >= 15 is 0 Å². The van der Waals surface area contributed by atoms with Crippen LogP contribution >= 0.6 is 0 Å². The minimum atomic E-state index is -0.882. The number of hydrogen-bond acceptors (Lipinski definition) is 5. The van der Waals surface area contributed by atoms with Crippen molar-refractivity contribution in [2.24, 2.45) is 11.5 Å². The van der Waals surface area contributed by atoms with Crippen LogP contribution < -0.4 is 27.2 Å². The maximum atomic E-state index is 13.9. The maximum absolute atomic E-state index is 13.9. The normalized spacial score (nSPS) is 17.1. The monoisotopic (exact) mass is 525 g/mol. The van der Waals surface area contributed by atoms with Gasteiger partial charge in [0.05, 0.1) is 6.04 Å². The van der Waals surface area contributed by atoms with E-state index in [4.69, 9.17) is 11.5 Å². The Hall–Kier alpha value is -4.87. The number of rotatable bonds is 4. The van der Waals surface area contributed by atoms with Gasteiger partial charge in [0.2, 0.25) is 0 Å². The van der Waals surface area contributed by atoms with Crippen LogP contribution in [0.1, 0.15) is 43.4 Å². The van der Waals surface area contributed by atoms with Gasteiger partial charge in [-0.05, 0) is 74.8 Å². The average Bonchev–Trinajstić information content (AvgIpc) is 2.96. The molecule has 2 aliphatic carbocycles. The molecule has 0 fully saturated rings. The first-order valence-electron chi connectivity index (χ1n) is 13.1. The maximum Gasteiger partial charge on any atom is 0.255 e. The van der Waals surface area contributed by atoms with E-state index in [1.54, 1.807) is 30.3 Å². The molecule has 196 valence electrons. The third-order valence-electron chi connectivity index (χ3n) is 7.81. The van der Waals surface area contributed by atoms with Crippen molar-refractivity contribution in [2.45, 2.75) is 25.4 Å². The molecule has 0 aliphatic heterocycles. The largest absolute Gasteiger partial charge is 0.322 e. The van der Waals surface area contributed by atoms with Crippen molar-refractivity contribution in [1.82, 2.24) is 0 Å². The first-order chi connectivity index (χ1) is 19.4. The summed E-state index contributed by atoms with van der Waals surface area (Å²) in [5.74, 6) is 1.48. The van der Waals surface area contributed by atoms with Crippen molar-refractivity contribution in [3.05, 3.63) is 139 Å². The Morgan fingerprint density at radius 1 is 0.850 bits per heavy atom. The highest BCUT2D eigenvalue weighted by Crippen LogP contribution is 2.28. The third-order valence-corrected chi connectivity index (χ3v) is 7.81. The highest BCUT2D eigenvalue weighted by atomic mass is 16.1. The van der Waals surface area contributed by atoms with Gasteiger partial charge >= 0.3 is 0 Å². The molecule has 0 heterocycles. The second kappa shape index (κ2) is 10.0. The second-order valence-electron chi connectivity index (χ2n) is 10.2. The van der Waals surface area contributed by atoms with E-state index in [0.29, 0.717) is 33.2 Å². The summed E-state index contributed by atoms with van der Waals surface area (Å²) in [7, 11) is 0. The van der Waals surface area contributed by atoms with E-state index in [2.05, 4.69) is 5.32 Å². The highest BCUT2D eigenvalue weighted by Gasteiger charge is 2.31. The second-order valence-corrected chi connectivity index (χ2v) is 10.2. The van der Waals surface area contributed by atoms with Crippen LogP contribution in [0.4, 0.5) is 5.69 Å². The summed E-state index contributed by atoms with van der Waals surface area (Å²) in [6.45, 7) is 1.88. The lowest BCUT2D eigenvalue weighted by Crippen LogP contribution is -2.41. The lowest BCUT2D eigenvalue weighted by atomic mass is 9.78. The molecule has 1 amide bonds. The number of Topliss-reactive ketones (excluding diaryl/α,β-unsaturated/α-hetero) is 1. The van der Waals surface area contributed by atoms with E-state index < -0.39 is 12.1 Å². The summed E-state index contributed by atoms with van der Waals surface area (Å²) in [6.07, 6.45) is 2.29. The number of nitrogens with one attached hydrogen (secondary N) is 1. The van der Waals surface area contributed by atoms with Gasteiger partial charge in [0, 0.05) is 40.4 Å². The van der Waals surface area contributed by atoms with Crippen LogP contribution in [0.25, 0.3) is 11.6 Å². The molecule has 0 radical (unpaired) electrons. The van der Waals surface area contributed by atoms with Crippen LogP contribution in [-0.4, -0.2) is 23.7 Å². The summed E-state index contributed by atoms with van der Waals surface area (Å²) in [5.41, 5.74) is 17.9. The molecule has 2 aliphatic rings. The van der Waals surface area contributed by atoms with Crippen molar-refractivity contribution in [1.29, 1.82) is 0 Å². The van der Waals surface area contributed by atoms with Gasteiger partial charge in [-0.2, -0.15) is 0 Å². The Kier molecular flexibility index (Phi) is 6.37. The molecule has 6 rings (SSSR count). The molecule has 0 bridgehead atoms. The number of hydrogen-bond donors (Lipinski definition) is 3. The van der Waals surface area contributed by atoms with Crippen molar-refractivity contribution in [3.63, 3.8) is 0 Å². The summed E-state index contributed by atoms with van der Waals surface area (Å²) in [4.78, 5) is 38.6. The molecule has 2 atom stereocenters. The predicted octanol–water partition coefficient (Wildman–Crippen LogP) is 3.00.